The monoisotopic (exact) mass is 174 g/mol. The van der Waals surface area contributed by atoms with Gasteiger partial charge in [0.25, 0.3) is 0 Å². The van der Waals surface area contributed by atoms with E-state index in [1.165, 1.54) is 0 Å². The predicted molar refractivity (Wildman–Crippen MR) is 51.3 cm³/mol. The largest absolute Gasteiger partial charge is 0.387 e. The lowest BCUT2D eigenvalue weighted by atomic mass is 9.99. The Morgan fingerprint density at radius 2 is 2.45 bits per heavy atom. The van der Waals surface area contributed by atoms with Crippen molar-refractivity contribution in [2.45, 2.75) is 25.8 Å². The Labute approximate surface area is 74.0 Å². The molecule has 0 amide bonds. The second-order valence-corrected chi connectivity index (χ2v) is 2.89. The summed E-state index contributed by atoms with van der Waals surface area (Å²) in [5.74, 6) is 1.41. The van der Waals surface area contributed by atoms with Crippen molar-refractivity contribution >= 4 is 18.2 Å². The normalized spacial score (nSPS) is 29.0. The van der Waals surface area contributed by atoms with E-state index in [4.69, 9.17) is 5.73 Å². The minimum Gasteiger partial charge on any atom is -0.387 e. The van der Waals surface area contributed by atoms with Crippen LogP contribution in [-0.4, -0.2) is 11.9 Å². The number of hydrogen-bond donors (Lipinski definition) is 1. The molecule has 3 heteroatoms. The fourth-order valence-corrected chi connectivity index (χ4v) is 1.31. The van der Waals surface area contributed by atoms with E-state index >= 15 is 0 Å². The number of nitrogens with two attached hydrogens (primary N) is 1. The third-order valence-corrected chi connectivity index (χ3v) is 1.93. The summed E-state index contributed by atoms with van der Waals surface area (Å²) in [5, 5.41) is 0. The Morgan fingerprint density at radius 3 is 2.82 bits per heavy atom. The van der Waals surface area contributed by atoms with E-state index in [1.54, 1.807) is 0 Å². The molecule has 0 fully saturated rings. The zero-order valence-corrected chi connectivity index (χ0v) is 7.60. The lowest BCUT2D eigenvalue weighted by Gasteiger charge is -2.08. The first kappa shape index (κ1) is 10.5. The molecule has 0 radical (unpaired) electrons. The van der Waals surface area contributed by atoms with Crippen molar-refractivity contribution in [1.29, 1.82) is 0 Å². The topological polar surface area (TPSA) is 38.4 Å². The zero-order chi connectivity index (χ0) is 7.56. The van der Waals surface area contributed by atoms with Gasteiger partial charge in [-0.1, -0.05) is 13.0 Å². The lowest BCUT2D eigenvalue weighted by Crippen LogP contribution is -2.10. The lowest BCUT2D eigenvalue weighted by molar-refractivity contribution is 0.509. The van der Waals surface area contributed by atoms with Crippen LogP contribution in [0.4, 0.5) is 0 Å². The number of nitrogens with zero attached hydrogens (tertiary/aromatic N) is 1. The summed E-state index contributed by atoms with van der Waals surface area (Å²) >= 11 is 0. The summed E-state index contributed by atoms with van der Waals surface area (Å²) in [6, 6.07) is 0.400. The zero-order valence-electron chi connectivity index (χ0n) is 6.79. The number of aliphatic imine (C=N–C) groups is 1. The van der Waals surface area contributed by atoms with Gasteiger partial charge in [0.2, 0.25) is 0 Å². The Kier molecular flexibility index (Phi) is 4.19. The second kappa shape index (κ2) is 4.39. The molecule has 0 aliphatic carbocycles. The molecule has 0 aromatic carbocycles. The van der Waals surface area contributed by atoms with E-state index in [-0.39, 0.29) is 12.4 Å². The number of halogens is 1. The van der Waals surface area contributed by atoms with E-state index < -0.39 is 0 Å². The molecule has 0 aromatic rings. The summed E-state index contributed by atoms with van der Waals surface area (Å²) in [5.41, 5.74) is 5.56. The molecule has 1 rings (SSSR count). The van der Waals surface area contributed by atoms with E-state index in [0.29, 0.717) is 12.0 Å². The number of rotatable bonds is 2. The van der Waals surface area contributed by atoms with Crippen molar-refractivity contribution in [3.05, 3.63) is 12.7 Å². The molecular weight excluding hydrogens is 160 g/mol. The van der Waals surface area contributed by atoms with Gasteiger partial charge in [-0.15, -0.1) is 19.0 Å². The summed E-state index contributed by atoms with van der Waals surface area (Å²) in [7, 11) is 0. The highest BCUT2D eigenvalue weighted by Crippen LogP contribution is 2.21. The maximum absolute atomic E-state index is 5.56. The highest BCUT2D eigenvalue weighted by Gasteiger charge is 2.22. The summed E-state index contributed by atoms with van der Waals surface area (Å²) in [6.07, 6.45) is 3.82. The molecule has 1 aliphatic heterocycles. The van der Waals surface area contributed by atoms with Gasteiger partial charge in [0.05, 0.1) is 11.9 Å². The van der Waals surface area contributed by atoms with Crippen LogP contribution < -0.4 is 5.73 Å². The smallest absolute Gasteiger partial charge is 0.0944 e. The maximum atomic E-state index is 5.56. The quantitative estimate of drug-likeness (QED) is 0.637. The van der Waals surface area contributed by atoms with Crippen molar-refractivity contribution in [3.63, 3.8) is 0 Å². The molecule has 2 nitrogen and oxygen atoms in total. The third-order valence-electron chi connectivity index (χ3n) is 1.93. The molecule has 0 aromatic heterocycles. The van der Waals surface area contributed by atoms with Crippen molar-refractivity contribution < 1.29 is 0 Å². The first-order chi connectivity index (χ1) is 4.74. The van der Waals surface area contributed by atoms with Crippen LogP contribution in [0, 0.1) is 5.92 Å². The first-order valence-electron chi connectivity index (χ1n) is 3.67. The van der Waals surface area contributed by atoms with Gasteiger partial charge in [0.1, 0.15) is 0 Å². The molecule has 0 spiro atoms. The summed E-state index contributed by atoms with van der Waals surface area (Å²) in [6.45, 7) is 5.85. The summed E-state index contributed by atoms with van der Waals surface area (Å²) in [4.78, 5) is 4.28. The second-order valence-electron chi connectivity index (χ2n) is 2.89. The van der Waals surface area contributed by atoms with Crippen molar-refractivity contribution in [3.8, 4) is 0 Å². The van der Waals surface area contributed by atoms with E-state index in [1.807, 2.05) is 6.08 Å². The van der Waals surface area contributed by atoms with Crippen LogP contribution in [0.5, 0.6) is 0 Å². The molecule has 1 heterocycles. The average Bonchev–Trinajstić information content (AvgIpc) is 2.13. The molecule has 2 N–H and O–H groups in total. The van der Waals surface area contributed by atoms with Crippen LogP contribution in [0.3, 0.4) is 0 Å². The van der Waals surface area contributed by atoms with Crippen molar-refractivity contribution in [2.75, 3.05) is 0 Å². The van der Waals surface area contributed by atoms with Crippen LogP contribution in [0.15, 0.2) is 17.6 Å². The average molecular weight is 175 g/mol. The molecule has 0 bridgehead atoms. The Morgan fingerprint density at radius 1 is 1.82 bits per heavy atom. The highest BCUT2D eigenvalue weighted by atomic mass is 35.5. The molecular formula is C8H15ClN2. The van der Waals surface area contributed by atoms with Crippen LogP contribution in [-0.2, 0) is 0 Å². The molecule has 0 saturated carbocycles. The van der Waals surface area contributed by atoms with Gasteiger partial charge in [-0.05, 0) is 12.3 Å². The van der Waals surface area contributed by atoms with Gasteiger partial charge in [-0.2, -0.15) is 0 Å². The molecule has 0 saturated heterocycles. The van der Waals surface area contributed by atoms with Crippen LogP contribution in [0.1, 0.15) is 19.8 Å². The fourth-order valence-electron chi connectivity index (χ4n) is 1.31. The number of hydrogen-bond acceptors (Lipinski definition) is 2. The van der Waals surface area contributed by atoms with Gasteiger partial charge >= 0.3 is 0 Å². The third kappa shape index (κ3) is 2.54. The molecule has 64 valence electrons. The van der Waals surface area contributed by atoms with E-state index in [0.717, 1.165) is 18.7 Å². The van der Waals surface area contributed by atoms with Gasteiger partial charge in [0, 0.05) is 6.42 Å². The van der Waals surface area contributed by atoms with Gasteiger partial charge in [-0.25, -0.2) is 0 Å². The van der Waals surface area contributed by atoms with Crippen molar-refractivity contribution in [2.24, 2.45) is 16.6 Å². The SMILES string of the molecule is C=CCC1N=C(N)CC1C.Cl. The minimum absolute atomic E-state index is 0. The van der Waals surface area contributed by atoms with Gasteiger partial charge < -0.3 is 5.73 Å². The van der Waals surface area contributed by atoms with E-state index in [9.17, 15) is 0 Å². The molecule has 11 heavy (non-hydrogen) atoms. The Hall–Kier alpha value is -0.500. The Balaban J connectivity index is 0.000001000. The van der Waals surface area contributed by atoms with Gasteiger partial charge in [-0.3, -0.25) is 4.99 Å². The Bertz CT molecular complexity index is 165. The maximum Gasteiger partial charge on any atom is 0.0944 e. The first-order valence-corrected chi connectivity index (χ1v) is 3.67. The summed E-state index contributed by atoms with van der Waals surface area (Å²) < 4.78 is 0. The minimum atomic E-state index is 0. The highest BCUT2D eigenvalue weighted by molar-refractivity contribution is 5.85. The van der Waals surface area contributed by atoms with E-state index in [2.05, 4.69) is 18.5 Å². The van der Waals surface area contributed by atoms with Crippen LogP contribution >= 0.6 is 12.4 Å². The molecule has 2 atom stereocenters. The predicted octanol–water partition coefficient (Wildman–Crippen LogP) is 1.75. The van der Waals surface area contributed by atoms with Crippen molar-refractivity contribution in [1.82, 2.24) is 0 Å². The van der Waals surface area contributed by atoms with Crippen LogP contribution in [0.2, 0.25) is 0 Å². The molecule has 2 unspecified atom stereocenters. The fraction of sp³-hybridized carbons (Fsp3) is 0.625. The van der Waals surface area contributed by atoms with Crippen LogP contribution in [0.25, 0.3) is 0 Å². The standard InChI is InChI=1S/C8H14N2.ClH/c1-3-4-7-6(2)5-8(9)10-7;/h3,6-7H,1,4-5H2,2H3,(H2,9,10);1H. The number of amidine groups is 1. The van der Waals surface area contributed by atoms with Gasteiger partial charge in [0.15, 0.2) is 0 Å². The molecule has 1 aliphatic rings.